The summed E-state index contributed by atoms with van der Waals surface area (Å²) in [6, 6.07) is 0. The Balaban J connectivity index is 4.88. The van der Waals surface area contributed by atoms with Crippen molar-refractivity contribution in [2.45, 2.75) is 38.9 Å². The van der Waals surface area contributed by atoms with Crippen molar-refractivity contribution < 1.29 is 4.46 Å². The molecule has 0 saturated carbocycles. The van der Waals surface area contributed by atoms with E-state index in [-0.39, 0.29) is 5.04 Å². The maximum atomic E-state index is 11.0. The molecule has 0 amide bonds. The van der Waals surface area contributed by atoms with Crippen LogP contribution >= 0.6 is 22.9 Å². The van der Waals surface area contributed by atoms with Gasteiger partial charge in [-0.05, 0) is 5.04 Å². The molecule has 0 N–H and O–H groups in total. The smallest absolute Gasteiger partial charge is 0.419 e. The molecule has 2 nitrogen and oxygen atoms in total. The summed E-state index contributed by atoms with van der Waals surface area (Å²) in [6.07, 6.45) is 0. The molecule has 0 aliphatic heterocycles. The maximum absolute atomic E-state index is 11.0. The van der Waals surface area contributed by atoms with Crippen molar-refractivity contribution in [3.63, 3.8) is 0 Å². The van der Waals surface area contributed by atoms with Gasteiger partial charge in [0.25, 0.3) is 0 Å². The highest BCUT2D eigenvalue weighted by Crippen LogP contribution is 2.38. The van der Waals surface area contributed by atoms with Gasteiger partial charge in [-0.3, -0.25) is 0 Å². The van der Waals surface area contributed by atoms with Crippen molar-refractivity contribution in [1.29, 1.82) is 0 Å². The molecule has 0 aromatic rings. The van der Waals surface area contributed by atoms with Crippen LogP contribution in [0.3, 0.4) is 0 Å². The van der Waals surface area contributed by atoms with Crippen molar-refractivity contribution in [2.24, 2.45) is 0 Å². The summed E-state index contributed by atoms with van der Waals surface area (Å²) in [5.74, 6) is 0. The van der Waals surface area contributed by atoms with Crippen LogP contribution in [0.25, 0.3) is 0 Å². The molecule has 1 radical (unpaired) electrons. The molecular formula is C6H15BCl2NOSi2. The fraction of sp³-hybridized carbons (Fsp3) is 1.00. The van der Waals surface area contributed by atoms with Crippen molar-refractivity contribution >= 4 is 46.4 Å². The first kappa shape index (κ1) is 13.7. The lowest BCUT2D eigenvalue weighted by atomic mass is 10.2. The fourth-order valence-electron chi connectivity index (χ4n) is 0.759. The van der Waals surface area contributed by atoms with E-state index in [0.29, 0.717) is 0 Å². The fourth-order valence-corrected chi connectivity index (χ4v) is 5.67. The summed E-state index contributed by atoms with van der Waals surface area (Å²) in [4.78, 5) is 0. The second kappa shape index (κ2) is 4.47. The van der Waals surface area contributed by atoms with Gasteiger partial charge in [-0.2, -0.15) is 0 Å². The number of hydrogen-bond donors (Lipinski definition) is 0. The molecule has 0 saturated heterocycles. The summed E-state index contributed by atoms with van der Waals surface area (Å²) < 4.78 is 12.7. The molecule has 0 bridgehead atoms. The lowest BCUT2D eigenvalue weighted by molar-refractivity contribution is 0.554. The van der Waals surface area contributed by atoms with Gasteiger partial charge in [0.05, 0.1) is 0 Å². The molecule has 75 valence electrons. The van der Waals surface area contributed by atoms with E-state index >= 15 is 0 Å². The standard InChI is InChI=1S/C6H15BCl2NOSi2/c1-6(2,3)13(4,5)10(12-11)7(8)9/h1-5H3. The largest absolute Gasteiger partial charge is 0.452 e. The monoisotopic (exact) mass is 254 g/mol. The Kier molecular flexibility index (Phi) is 4.70. The highest BCUT2D eigenvalue weighted by Gasteiger charge is 2.44. The van der Waals surface area contributed by atoms with Crippen molar-refractivity contribution in [2.75, 3.05) is 0 Å². The Bertz CT molecular complexity index is 196. The molecule has 0 aliphatic carbocycles. The third kappa shape index (κ3) is 3.08. The average molecular weight is 255 g/mol. The predicted octanol–water partition coefficient (Wildman–Crippen LogP) is 2.72. The minimum atomic E-state index is -1.83. The van der Waals surface area contributed by atoms with E-state index in [0.717, 1.165) is 0 Å². The Labute approximate surface area is 93.9 Å². The van der Waals surface area contributed by atoms with Crippen LogP contribution in [0.4, 0.5) is 0 Å². The molecule has 0 spiro atoms. The highest BCUT2D eigenvalue weighted by atomic mass is 35.5. The zero-order valence-corrected chi connectivity index (χ0v) is 12.2. The minimum Gasteiger partial charge on any atom is -0.419 e. The van der Waals surface area contributed by atoms with Crippen LogP contribution in [0.2, 0.25) is 18.1 Å². The van der Waals surface area contributed by atoms with Gasteiger partial charge in [0.15, 0.2) is 0 Å². The van der Waals surface area contributed by atoms with Crippen LogP contribution < -0.4 is 0 Å². The summed E-state index contributed by atoms with van der Waals surface area (Å²) in [6.45, 7) is 10.6. The summed E-state index contributed by atoms with van der Waals surface area (Å²) in [5.41, 5.74) is -0.670. The van der Waals surface area contributed by atoms with Crippen molar-refractivity contribution in [1.82, 2.24) is 4.14 Å². The SMILES string of the molecule is CC(C)(C)[Si](C)(C)N([Si]=O)B(Cl)Cl. The van der Waals surface area contributed by atoms with Crippen LogP contribution in [0.1, 0.15) is 20.8 Å². The minimum absolute atomic E-state index is 0.104. The summed E-state index contributed by atoms with van der Waals surface area (Å²) >= 11 is 11.5. The lowest BCUT2D eigenvalue weighted by Gasteiger charge is -2.44. The number of hydrogen-bond acceptors (Lipinski definition) is 1. The number of halogens is 2. The van der Waals surface area contributed by atoms with Gasteiger partial charge in [-0.25, -0.2) is 0 Å². The molecule has 0 unspecified atom stereocenters. The first-order valence-corrected chi connectivity index (χ1v) is 8.77. The Morgan fingerprint density at radius 2 is 1.69 bits per heavy atom. The van der Waals surface area contributed by atoms with E-state index in [4.69, 9.17) is 22.9 Å². The second-order valence-corrected chi connectivity index (χ2v) is 11.8. The van der Waals surface area contributed by atoms with Crippen LogP contribution in [0, 0.1) is 0 Å². The van der Waals surface area contributed by atoms with Crippen molar-refractivity contribution in [3.05, 3.63) is 0 Å². The molecule has 0 atom stereocenters. The molecule has 0 fully saturated rings. The zero-order valence-electron chi connectivity index (χ0n) is 8.69. The summed E-state index contributed by atoms with van der Waals surface area (Å²) in [5, 5.41) is 0.104. The Morgan fingerprint density at radius 1 is 1.31 bits per heavy atom. The first-order valence-electron chi connectivity index (χ1n) is 4.10. The second-order valence-electron chi connectivity index (χ2n) is 4.55. The zero-order chi connectivity index (χ0) is 10.9. The van der Waals surface area contributed by atoms with Crippen LogP contribution in [-0.2, 0) is 4.46 Å². The van der Waals surface area contributed by atoms with Crippen LogP contribution in [0.5, 0.6) is 0 Å². The summed E-state index contributed by atoms with van der Waals surface area (Å²) in [7, 11) is -2.39. The van der Waals surface area contributed by atoms with E-state index in [2.05, 4.69) is 33.9 Å². The molecule has 0 rings (SSSR count). The third-order valence-corrected chi connectivity index (χ3v) is 11.3. The van der Waals surface area contributed by atoms with Crippen LogP contribution in [-0.4, -0.2) is 27.6 Å². The lowest BCUT2D eigenvalue weighted by Crippen LogP contribution is -2.58. The molecule has 0 aromatic heterocycles. The Hall–Kier alpha value is 0.679. The highest BCUT2D eigenvalue weighted by molar-refractivity contribution is 7.36. The van der Waals surface area contributed by atoms with E-state index in [1.807, 2.05) is 0 Å². The average Bonchev–Trinajstić information content (AvgIpc) is 1.83. The van der Waals surface area contributed by atoms with Gasteiger partial charge in [0, 0.05) is 0 Å². The first-order chi connectivity index (χ1) is 5.64. The molecule has 13 heavy (non-hydrogen) atoms. The molecule has 0 heterocycles. The normalized spacial score (nSPS) is 12.5. The maximum Gasteiger partial charge on any atom is 0.452 e. The number of nitrogens with zero attached hydrogens (tertiary/aromatic N) is 1. The van der Waals surface area contributed by atoms with Gasteiger partial charge in [-0.1, -0.05) is 33.9 Å². The molecule has 7 heteroatoms. The Morgan fingerprint density at radius 3 is 1.77 bits per heavy atom. The van der Waals surface area contributed by atoms with Gasteiger partial charge in [0.1, 0.15) is 8.24 Å². The number of rotatable bonds is 3. The van der Waals surface area contributed by atoms with E-state index in [1.54, 1.807) is 4.14 Å². The molecule has 0 aliphatic rings. The van der Waals surface area contributed by atoms with Gasteiger partial charge < -0.3 is 8.60 Å². The van der Waals surface area contributed by atoms with Gasteiger partial charge >= 0.3 is 15.2 Å². The van der Waals surface area contributed by atoms with E-state index in [9.17, 15) is 4.46 Å². The topological polar surface area (TPSA) is 20.3 Å². The van der Waals surface area contributed by atoms with E-state index < -0.39 is 23.5 Å². The predicted molar refractivity (Wildman–Crippen MR) is 62.9 cm³/mol. The molecular weight excluding hydrogens is 240 g/mol. The van der Waals surface area contributed by atoms with Gasteiger partial charge in [0.2, 0.25) is 0 Å². The quantitative estimate of drug-likeness (QED) is 0.722. The van der Waals surface area contributed by atoms with Gasteiger partial charge in [-0.15, -0.1) is 22.9 Å². The van der Waals surface area contributed by atoms with E-state index in [1.165, 1.54) is 0 Å². The van der Waals surface area contributed by atoms with Crippen LogP contribution in [0.15, 0.2) is 0 Å². The molecule has 0 aromatic carbocycles. The van der Waals surface area contributed by atoms with Crippen molar-refractivity contribution in [3.8, 4) is 0 Å². The third-order valence-electron chi connectivity index (χ3n) is 2.73.